The summed E-state index contributed by atoms with van der Waals surface area (Å²) in [6, 6.07) is 14.9. The number of anilines is 2. The summed E-state index contributed by atoms with van der Waals surface area (Å²) in [6.45, 7) is 2.45. The van der Waals surface area contributed by atoms with Crippen molar-refractivity contribution in [1.29, 1.82) is 0 Å². The Labute approximate surface area is 235 Å². The Morgan fingerprint density at radius 3 is 2.46 bits per heavy atom. The lowest BCUT2D eigenvalue weighted by atomic mass is 10.2. The zero-order chi connectivity index (χ0) is 28.1. The minimum absolute atomic E-state index is 0.225. The molecule has 1 amide bonds. The number of phenolic OH excluding ortho intramolecular Hbond substituents is 1. The number of rotatable bonds is 7. The number of para-hydroxylation sites is 1. The van der Waals surface area contributed by atoms with E-state index in [9.17, 15) is 18.3 Å². The van der Waals surface area contributed by atoms with Gasteiger partial charge in [-0.2, -0.15) is 15.1 Å². The molecule has 0 bridgehead atoms. The predicted octanol–water partition coefficient (Wildman–Crippen LogP) is 1.81. The molecule has 4 heterocycles. The number of amides is 1. The summed E-state index contributed by atoms with van der Waals surface area (Å²) in [5, 5.41) is 14.6. The van der Waals surface area contributed by atoms with E-state index < -0.39 is 21.2 Å². The smallest absolute Gasteiger partial charge is 0.253 e. The molecule has 7 rings (SSSR count). The first-order valence-electron chi connectivity index (χ1n) is 13.4. The van der Waals surface area contributed by atoms with Crippen LogP contribution in [0.2, 0.25) is 0 Å². The highest BCUT2D eigenvalue weighted by Crippen LogP contribution is 2.28. The number of fused-ring (bicyclic) bond motifs is 2. The van der Waals surface area contributed by atoms with Gasteiger partial charge in [-0.05, 0) is 43.2 Å². The Hall–Kier alpha value is -4.72. The topological polar surface area (TPSA) is 151 Å². The lowest BCUT2D eigenvalue weighted by molar-refractivity contribution is -0.119. The summed E-state index contributed by atoms with van der Waals surface area (Å²) in [6.07, 6.45) is 4.36. The van der Waals surface area contributed by atoms with Crippen LogP contribution in [0.3, 0.4) is 0 Å². The van der Waals surface area contributed by atoms with Crippen molar-refractivity contribution >= 4 is 49.6 Å². The molecule has 5 aromatic rings. The second kappa shape index (κ2) is 9.73. The molecule has 2 fully saturated rings. The Morgan fingerprint density at radius 1 is 0.976 bits per heavy atom. The Balaban J connectivity index is 1.24. The van der Waals surface area contributed by atoms with Crippen LogP contribution < -0.4 is 14.5 Å². The highest BCUT2D eigenvalue weighted by atomic mass is 32.2. The van der Waals surface area contributed by atoms with E-state index in [2.05, 4.69) is 24.6 Å². The van der Waals surface area contributed by atoms with Crippen molar-refractivity contribution in [1.82, 2.24) is 34.0 Å². The van der Waals surface area contributed by atoms with Crippen LogP contribution in [0.15, 0.2) is 61.1 Å². The number of carbonyl (C=O) groups is 1. The van der Waals surface area contributed by atoms with Gasteiger partial charge in [0.05, 0.1) is 23.3 Å². The quantitative estimate of drug-likeness (QED) is 0.295. The van der Waals surface area contributed by atoms with Gasteiger partial charge in [-0.15, -0.1) is 0 Å². The van der Waals surface area contributed by atoms with Crippen LogP contribution in [-0.4, -0.2) is 80.2 Å². The molecule has 3 aromatic heterocycles. The molecule has 13 nitrogen and oxygen atoms in total. The number of aromatic nitrogens is 6. The second-order valence-corrected chi connectivity index (χ2v) is 12.2. The fourth-order valence-electron chi connectivity index (χ4n) is 5.10. The van der Waals surface area contributed by atoms with Crippen LogP contribution in [0.1, 0.15) is 12.8 Å². The van der Waals surface area contributed by atoms with E-state index in [1.165, 1.54) is 6.33 Å². The van der Waals surface area contributed by atoms with E-state index in [0.29, 0.717) is 62.0 Å². The maximum atomic E-state index is 12.7. The number of nitrogens with one attached hydrogen (secondary N) is 1. The lowest BCUT2D eigenvalue weighted by Crippen LogP contribution is -2.47. The molecule has 1 aliphatic heterocycles. The molecule has 0 atom stereocenters. The maximum absolute atomic E-state index is 12.7. The molecule has 0 unspecified atom stereocenters. The van der Waals surface area contributed by atoms with E-state index in [0.717, 1.165) is 16.6 Å². The Kier molecular flexibility index (Phi) is 5.99. The normalized spacial score (nSPS) is 16.0. The molecule has 1 aliphatic carbocycles. The van der Waals surface area contributed by atoms with Crippen LogP contribution in [0, 0.1) is 0 Å². The average molecular weight is 574 g/mol. The van der Waals surface area contributed by atoms with Crippen molar-refractivity contribution in [2.45, 2.75) is 24.6 Å². The average Bonchev–Trinajstić information content (AvgIpc) is 3.65. The summed E-state index contributed by atoms with van der Waals surface area (Å²) in [7, 11) is -3.67. The second-order valence-electron chi connectivity index (χ2n) is 10.3. The molecule has 210 valence electrons. The predicted molar refractivity (Wildman–Crippen MR) is 153 cm³/mol. The maximum Gasteiger partial charge on any atom is 0.253 e. The van der Waals surface area contributed by atoms with Gasteiger partial charge in [0.25, 0.3) is 5.91 Å². The number of hydrogen-bond donors (Lipinski definition) is 2. The molecule has 2 aliphatic rings. The number of carbonyl (C=O) groups excluding carboxylic acids is 1. The number of phenols is 1. The number of imidazole rings is 1. The first-order valence-corrected chi connectivity index (χ1v) is 14.9. The number of hydrogen-bond acceptors (Lipinski definition) is 10. The van der Waals surface area contributed by atoms with Crippen LogP contribution >= 0.6 is 0 Å². The van der Waals surface area contributed by atoms with Crippen LogP contribution in [-0.2, 0) is 21.4 Å². The van der Waals surface area contributed by atoms with Gasteiger partial charge >= 0.3 is 0 Å². The number of aromatic hydroxyl groups is 1. The van der Waals surface area contributed by atoms with Crippen molar-refractivity contribution in [3.05, 3.63) is 61.1 Å². The molecular weight excluding hydrogens is 546 g/mol. The summed E-state index contributed by atoms with van der Waals surface area (Å²) < 4.78 is 30.1. The molecule has 1 saturated heterocycles. The van der Waals surface area contributed by atoms with Crippen LogP contribution in [0.25, 0.3) is 27.9 Å². The number of benzene rings is 2. The fourth-order valence-corrected chi connectivity index (χ4v) is 6.40. The van der Waals surface area contributed by atoms with Crippen molar-refractivity contribution < 1.29 is 18.3 Å². The van der Waals surface area contributed by atoms with Crippen LogP contribution in [0.4, 0.5) is 11.6 Å². The monoisotopic (exact) mass is 573 g/mol. The van der Waals surface area contributed by atoms with Gasteiger partial charge in [-0.3, -0.25) is 9.52 Å². The Morgan fingerprint density at radius 2 is 1.71 bits per heavy atom. The molecule has 2 aromatic carbocycles. The molecule has 0 spiro atoms. The summed E-state index contributed by atoms with van der Waals surface area (Å²) in [5.41, 5.74) is 2.72. The van der Waals surface area contributed by atoms with Gasteiger partial charge in [-0.25, -0.2) is 18.1 Å². The fraction of sp³-hybridized carbons (Fsp3) is 0.296. The van der Waals surface area contributed by atoms with Gasteiger partial charge in [0.2, 0.25) is 16.0 Å². The largest absolute Gasteiger partial charge is 0.508 e. The van der Waals surface area contributed by atoms with Crippen LogP contribution in [0.5, 0.6) is 5.75 Å². The molecular formula is C27H27N9O4S. The number of nitrogens with zero attached hydrogens (tertiary/aromatic N) is 8. The highest BCUT2D eigenvalue weighted by molar-refractivity contribution is 7.90. The summed E-state index contributed by atoms with van der Waals surface area (Å²) >= 11 is 0. The van der Waals surface area contributed by atoms with Gasteiger partial charge in [0.1, 0.15) is 12.3 Å². The third-order valence-corrected chi connectivity index (χ3v) is 9.28. The van der Waals surface area contributed by atoms with Crippen molar-refractivity contribution in [2.24, 2.45) is 0 Å². The molecule has 1 saturated carbocycles. The zero-order valence-corrected chi connectivity index (χ0v) is 22.8. The third-order valence-electron chi connectivity index (χ3n) is 7.42. The lowest BCUT2D eigenvalue weighted by Gasteiger charge is -2.36. The molecule has 41 heavy (non-hydrogen) atoms. The summed E-state index contributed by atoms with van der Waals surface area (Å²) in [5.74, 6) is 0.510. The van der Waals surface area contributed by atoms with E-state index in [4.69, 9.17) is 9.97 Å². The molecule has 14 heteroatoms. The minimum atomic E-state index is -3.67. The first kappa shape index (κ1) is 25.3. The first-order chi connectivity index (χ1) is 19.9. The standard InChI is InChI=1S/C27H27N9O4S/c37-20-7-5-19(6-8-20)33-11-13-34(14-12-33)27-30-25-24(26(31-27)36-22-4-2-1-3-18(22)15-29-36)28-17-35(25)16-23(38)32-41(39,40)21-9-10-21/h1-8,15,17,21,37H,9-14,16H2,(H,32,38). The van der Waals surface area contributed by atoms with Gasteiger partial charge < -0.3 is 19.5 Å². The van der Waals surface area contributed by atoms with Gasteiger partial charge in [0, 0.05) is 37.3 Å². The number of sulfonamides is 1. The third kappa shape index (κ3) is 4.79. The number of piperazine rings is 1. The SMILES string of the molecule is O=C(Cn1cnc2c(-n3ncc4ccccc43)nc(N3CCN(c4ccc(O)cc4)CC3)nc21)NS(=O)(=O)C1CC1. The van der Waals surface area contributed by atoms with E-state index in [-0.39, 0.29) is 12.3 Å². The van der Waals surface area contributed by atoms with Gasteiger partial charge in [-0.1, -0.05) is 18.2 Å². The molecule has 0 radical (unpaired) electrons. The van der Waals surface area contributed by atoms with E-state index >= 15 is 0 Å². The van der Waals surface area contributed by atoms with E-state index in [1.807, 2.05) is 36.4 Å². The zero-order valence-electron chi connectivity index (χ0n) is 22.0. The highest BCUT2D eigenvalue weighted by Gasteiger charge is 2.37. The summed E-state index contributed by atoms with van der Waals surface area (Å²) in [4.78, 5) is 31.3. The van der Waals surface area contributed by atoms with Crippen molar-refractivity contribution in [2.75, 3.05) is 36.0 Å². The minimum Gasteiger partial charge on any atom is -0.508 e. The van der Waals surface area contributed by atoms with E-state index in [1.54, 1.807) is 27.6 Å². The molecule has 2 N–H and O–H groups in total. The van der Waals surface area contributed by atoms with Gasteiger partial charge in [0.15, 0.2) is 17.0 Å². The van der Waals surface area contributed by atoms with Crippen molar-refractivity contribution in [3.8, 4) is 11.6 Å². The van der Waals surface area contributed by atoms with Crippen molar-refractivity contribution in [3.63, 3.8) is 0 Å². The Bertz CT molecular complexity index is 1870.